The summed E-state index contributed by atoms with van der Waals surface area (Å²) in [6.07, 6.45) is 2.40. The molecule has 3 N–H and O–H groups in total. The fourth-order valence-electron chi connectivity index (χ4n) is 2.23. The smallest absolute Gasteiger partial charge is 0.357 e. The van der Waals surface area contributed by atoms with Gasteiger partial charge in [-0.3, -0.25) is 4.72 Å². The van der Waals surface area contributed by atoms with E-state index in [4.69, 9.17) is 20.5 Å². The van der Waals surface area contributed by atoms with Gasteiger partial charge < -0.3 is 19.8 Å². The molecule has 0 aliphatic rings. The molecule has 2 rings (SSSR count). The van der Waals surface area contributed by atoms with Gasteiger partial charge in [0.15, 0.2) is 5.69 Å². The van der Waals surface area contributed by atoms with Crippen molar-refractivity contribution in [3.05, 3.63) is 35.7 Å². The summed E-state index contributed by atoms with van der Waals surface area (Å²) in [7, 11) is -0.921. The Kier molecular flexibility index (Phi) is 4.89. The number of nitrogens with two attached hydrogens (primary N) is 1. The number of sulfonamides is 1. The number of nitriles is 1. The molecule has 132 valence electrons. The summed E-state index contributed by atoms with van der Waals surface area (Å²) in [5.41, 5.74) is 6.60. The number of carbonyl (C=O) groups is 1. The fraction of sp³-hybridized carbons (Fsp3) is 0.200. The Hall–Kier alpha value is -3.19. The molecule has 0 amide bonds. The quantitative estimate of drug-likeness (QED) is 0.758. The highest BCUT2D eigenvalue weighted by Gasteiger charge is 2.22. The molecule has 0 fully saturated rings. The number of nitrogens with one attached hydrogen (secondary N) is 1. The van der Waals surface area contributed by atoms with E-state index in [1.807, 2.05) is 6.07 Å². The average Bonchev–Trinajstić information content (AvgIpc) is 2.89. The lowest BCUT2D eigenvalue weighted by atomic mass is 10.2. The van der Waals surface area contributed by atoms with Crippen LogP contribution in [0.5, 0.6) is 5.75 Å². The van der Waals surface area contributed by atoms with Crippen LogP contribution in [0.2, 0.25) is 0 Å². The van der Waals surface area contributed by atoms with Gasteiger partial charge in [-0.05, 0) is 12.1 Å². The number of rotatable bonds is 5. The second kappa shape index (κ2) is 6.74. The standard InChI is InChI=1S/C15H16N4O5S/c1-23-12-6-10(4-5-11(12)18-25(3,21)22)19-8-9(7-16)13(17)14(19)15(20)24-2/h4-6,8,18H,17H2,1-3H3. The lowest BCUT2D eigenvalue weighted by Gasteiger charge is -2.13. The zero-order valence-corrected chi connectivity index (χ0v) is 14.5. The number of hydrogen-bond acceptors (Lipinski definition) is 7. The molecule has 0 unspecified atom stereocenters. The molecule has 10 heteroatoms. The second-order valence-corrected chi connectivity index (χ2v) is 6.79. The maximum Gasteiger partial charge on any atom is 0.357 e. The molecular weight excluding hydrogens is 348 g/mol. The van der Waals surface area contributed by atoms with Gasteiger partial charge in [0.05, 0.1) is 37.4 Å². The number of ether oxygens (including phenoxy) is 2. The van der Waals surface area contributed by atoms with Crippen molar-refractivity contribution in [2.24, 2.45) is 0 Å². The third-order valence-corrected chi connectivity index (χ3v) is 3.89. The number of anilines is 2. The average molecular weight is 364 g/mol. The monoisotopic (exact) mass is 364 g/mol. The molecular formula is C15H16N4O5S. The van der Waals surface area contributed by atoms with Crippen LogP contribution in [-0.4, -0.2) is 39.4 Å². The first-order chi connectivity index (χ1) is 11.7. The van der Waals surface area contributed by atoms with E-state index in [-0.39, 0.29) is 28.4 Å². The van der Waals surface area contributed by atoms with Crippen molar-refractivity contribution in [1.82, 2.24) is 4.57 Å². The normalized spacial score (nSPS) is 10.8. The van der Waals surface area contributed by atoms with Gasteiger partial charge in [0, 0.05) is 18.0 Å². The number of nitrogen functional groups attached to an aromatic ring is 1. The van der Waals surface area contributed by atoms with Gasteiger partial charge in [0.1, 0.15) is 11.8 Å². The summed E-state index contributed by atoms with van der Waals surface area (Å²) >= 11 is 0. The van der Waals surface area contributed by atoms with E-state index < -0.39 is 16.0 Å². The molecule has 25 heavy (non-hydrogen) atoms. The van der Waals surface area contributed by atoms with Crippen LogP contribution in [0.15, 0.2) is 24.4 Å². The van der Waals surface area contributed by atoms with Gasteiger partial charge in [-0.15, -0.1) is 0 Å². The molecule has 9 nitrogen and oxygen atoms in total. The summed E-state index contributed by atoms with van der Waals surface area (Å²) in [4.78, 5) is 12.0. The van der Waals surface area contributed by atoms with Crippen LogP contribution in [0.25, 0.3) is 5.69 Å². The van der Waals surface area contributed by atoms with Gasteiger partial charge in [-0.2, -0.15) is 5.26 Å². The van der Waals surface area contributed by atoms with Crippen molar-refractivity contribution in [3.8, 4) is 17.5 Å². The minimum absolute atomic E-state index is 0.00773. The van der Waals surface area contributed by atoms with Crippen molar-refractivity contribution < 1.29 is 22.7 Å². The third kappa shape index (κ3) is 3.67. The van der Waals surface area contributed by atoms with E-state index in [2.05, 4.69) is 4.72 Å². The van der Waals surface area contributed by atoms with E-state index >= 15 is 0 Å². The molecule has 0 aliphatic heterocycles. The maximum absolute atomic E-state index is 12.0. The Morgan fingerprint density at radius 3 is 2.56 bits per heavy atom. The second-order valence-electron chi connectivity index (χ2n) is 5.04. The highest BCUT2D eigenvalue weighted by atomic mass is 32.2. The summed E-state index contributed by atoms with van der Waals surface area (Å²) in [5, 5.41) is 9.13. The van der Waals surface area contributed by atoms with Crippen molar-refractivity contribution in [2.45, 2.75) is 0 Å². The molecule has 0 radical (unpaired) electrons. The highest BCUT2D eigenvalue weighted by molar-refractivity contribution is 7.92. The molecule has 0 atom stereocenters. The van der Waals surface area contributed by atoms with Crippen LogP contribution in [0.3, 0.4) is 0 Å². The van der Waals surface area contributed by atoms with Crippen LogP contribution < -0.4 is 15.2 Å². The van der Waals surface area contributed by atoms with Gasteiger partial charge in [0.2, 0.25) is 10.0 Å². The molecule has 0 saturated heterocycles. The summed E-state index contributed by atoms with van der Waals surface area (Å²) in [5.74, 6) is -0.485. The number of hydrogen-bond donors (Lipinski definition) is 2. The van der Waals surface area contributed by atoms with Crippen LogP contribution in [0.1, 0.15) is 16.1 Å². The molecule has 1 aromatic heterocycles. The van der Waals surface area contributed by atoms with Crippen LogP contribution in [0, 0.1) is 11.3 Å². The first-order valence-electron chi connectivity index (χ1n) is 6.87. The largest absolute Gasteiger partial charge is 0.494 e. The van der Waals surface area contributed by atoms with Crippen molar-refractivity contribution in [3.63, 3.8) is 0 Å². The third-order valence-electron chi connectivity index (χ3n) is 3.30. The van der Waals surface area contributed by atoms with Gasteiger partial charge in [0.25, 0.3) is 0 Å². The van der Waals surface area contributed by atoms with Gasteiger partial charge in [-0.25, -0.2) is 13.2 Å². The van der Waals surface area contributed by atoms with Gasteiger partial charge >= 0.3 is 5.97 Å². The minimum Gasteiger partial charge on any atom is -0.494 e. The first kappa shape index (κ1) is 18.2. The van der Waals surface area contributed by atoms with Crippen molar-refractivity contribution >= 4 is 27.4 Å². The lowest BCUT2D eigenvalue weighted by molar-refractivity contribution is 0.0593. The predicted molar refractivity (Wildman–Crippen MR) is 91.3 cm³/mol. The summed E-state index contributed by atoms with van der Waals surface area (Å²) in [6.45, 7) is 0. The molecule has 0 bridgehead atoms. The maximum atomic E-state index is 12.0. The Morgan fingerprint density at radius 2 is 2.04 bits per heavy atom. The van der Waals surface area contributed by atoms with Crippen molar-refractivity contribution in [1.29, 1.82) is 5.26 Å². The minimum atomic E-state index is -3.49. The van der Waals surface area contributed by atoms with E-state index in [9.17, 15) is 13.2 Å². The van der Waals surface area contributed by atoms with E-state index in [1.165, 1.54) is 37.1 Å². The Bertz CT molecular complexity index is 973. The predicted octanol–water partition coefficient (Wildman–Crippen LogP) is 1.10. The topological polar surface area (TPSA) is 136 Å². The van der Waals surface area contributed by atoms with E-state index in [0.29, 0.717) is 5.69 Å². The Balaban J connectivity index is 2.64. The molecule has 0 saturated carbocycles. The molecule has 1 aromatic carbocycles. The zero-order chi connectivity index (χ0) is 18.8. The first-order valence-corrected chi connectivity index (χ1v) is 8.76. The number of methoxy groups -OCH3 is 2. The number of benzene rings is 1. The Labute approximate surface area is 144 Å². The molecule has 1 heterocycles. The summed E-state index contributed by atoms with van der Waals surface area (Å²) < 4.78 is 36.4. The lowest BCUT2D eigenvalue weighted by Crippen LogP contribution is -2.12. The summed E-state index contributed by atoms with van der Waals surface area (Å²) in [6, 6.07) is 6.42. The number of carbonyl (C=O) groups excluding carboxylic acids is 1. The SMILES string of the molecule is COC(=O)c1c(N)c(C#N)cn1-c1ccc(NS(C)(=O)=O)c(OC)c1. The zero-order valence-electron chi connectivity index (χ0n) is 13.7. The van der Waals surface area contributed by atoms with Crippen LogP contribution >= 0.6 is 0 Å². The number of nitrogens with zero attached hydrogens (tertiary/aromatic N) is 2. The molecule has 0 spiro atoms. The van der Waals surface area contributed by atoms with Crippen molar-refractivity contribution in [2.75, 3.05) is 30.9 Å². The van der Waals surface area contributed by atoms with E-state index in [0.717, 1.165) is 6.26 Å². The molecule has 2 aromatic rings. The van der Waals surface area contributed by atoms with Crippen LogP contribution in [-0.2, 0) is 14.8 Å². The van der Waals surface area contributed by atoms with Crippen LogP contribution in [0.4, 0.5) is 11.4 Å². The Morgan fingerprint density at radius 1 is 1.36 bits per heavy atom. The molecule has 0 aliphatic carbocycles. The number of aromatic nitrogens is 1. The van der Waals surface area contributed by atoms with Gasteiger partial charge in [-0.1, -0.05) is 0 Å². The highest BCUT2D eigenvalue weighted by Crippen LogP contribution is 2.31. The van der Waals surface area contributed by atoms with E-state index in [1.54, 1.807) is 6.07 Å². The number of esters is 1. The fourth-order valence-corrected chi connectivity index (χ4v) is 2.80.